The fourth-order valence-electron chi connectivity index (χ4n) is 3.03. The number of rotatable bonds is 6. The number of amides is 1. The highest BCUT2D eigenvalue weighted by Crippen LogP contribution is 2.35. The van der Waals surface area contributed by atoms with Crippen molar-refractivity contribution in [3.63, 3.8) is 0 Å². The van der Waals surface area contributed by atoms with E-state index < -0.39 is 15.9 Å². The third-order valence-corrected chi connectivity index (χ3v) is 7.72. The second-order valence-electron chi connectivity index (χ2n) is 6.88. The topological polar surface area (TPSA) is 87.6 Å². The number of hydrogen-bond donors (Lipinski definition) is 2. The van der Waals surface area contributed by atoms with E-state index in [9.17, 15) is 13.2 Å². The minimum atomic E-state index is -3.71. The molecule has 1 heterocycles. The third-order valence-electron chi connectivity index (χ3n) is 4.65. The van der Waals surface area contributed by atoms with Crippen LogP contribution in [0.4, 0.5) is 5.69 Å². The molecule has 0 radical (unpaired) electrons. The molecule has 3 aromatic carbocycles. The number of anilines is 1. The van der Waals surface area contributed by atoms with E-state index in [1.165, 1.54) is 23.5 Å². The van der Waals surface area contributed by atoms with E-state index in [0.717, 1.165) is 10.1 Å². The maximum absolute atomic E-state index is 12.6. The molecule has 32 heavy (non-hydrogen) atoms. The van der Waals surface area contributed by atoms with Gasteiger partial charge in [0.1, 0.15) is 4.88 Å². The Labute approximate surface area is 194 Å². The number of hydrazone groups is 1. The number of thiophene rings is 1. The third kappa shape index (κ3) is 4.67. The lowest BCUT2D eigenvalue weighted by atomic mass is 10.1. The van der Waals surface area contributed by atoms with Gasteiger partial charge in [0.25, 0.3) is 15.9 Å². The minimum absolute atomic E-state index is 0.170. The Bertz CT molecular complexity index is 1430. The van der Waals surface area contributed by atoms with Crippen molar-refractivity contribution in [3.05, 3.63) is 94.3 Å². The van der Waals surface area contributed by atoms with E-state index in [2.05, 4.69) is 15.2 Å². The molecular weight excluding hydrogens is 466 g/mol. The van der Waals surface area contributed by atoms with Gasteiger partial charge in [-0.25, -0.2) is 13.8 Å². The molecular formula is C23H18ClN3O3S2. The van der Waals surface area contributed by atoms with Crippen LogP contribution in [0.15, 0.2) is 88.9 Å². The summed E-state index contributed by atoms with van der Waals surface area (Å²) < 4.78 is 28.6. The molecule has 0 atom stereocenters. The number of nitrogens with one attached hydrogen (secondary N) is 2. The number of sulfonamides is 1. The highest BCUT2D eigenvalue weighted by molar-refractivity contribution is 7.92. The Balaban J connectivity index is 1.51. The lowest BCUT2D eigenvalue weighted by molar-refractivity contribution is 0.0959. The molecule has 4 aromatic rings. The molecule has 0 fully saturated rings. The zero-order chi connectivity index (χ0) is 22.7. The predicted octanol–water partition coefficient (Wildman–Crippen LogP) is 5.51. The molecule has 1 aromatic heterocycles. The summed E-state index contributed by atoms with van der Waals surface area (Å²) in [6.45, 7) is 1.72. The van der Waals surface area contributed by atoms with Gasteiger partial charge in [0, 0.05) is 15.8 Å². The van der Waals surface area contributed by atoms with Crippen LogP contribution in [0.1, 0.15) is 22.2 Å². The van der Waals surface area contributed by atoms with Gasteiger partial charge in [0.15, 0.2) is 0 Å². The number of fused-ring (bicyclic) bond motifs is 1. The molecule has 0 spiro atoms. The average molecular weight is 484 g/mol. The standard InChI is InChI=1S/C23H18ClN3O3S2/c1-15(25-26-23(28)22-21(24)19-12-5-6-13-20(19)31-22)16-8-7-9-17(14-16)27-32(29,30)18-10-3-2-4-11-18/h2-14,27H,1H3,(H,26,28)/b25-15-. The Morgan fingerprint density at radius 1 is 0.969 bits per heavy atom. The van der Waals surface area contributed by atoms with Gasteiger partial charge in [0.05, 0.1) is 15.6 Å². The van der Waals surface area contributed by atoms with Gasteiger partial charge in [0.2, 0.25) is 0 Å². The number of hydrogen-bond acceptors (Lipinski definition) is 5. The van der Waals surface area contributed by atoms with Crippen LogP contribution in [0, 0.1) is 0 Å². The SMILES string of the molecule is C/C(=N/NC(=O)c1sc2ccccc2c1Cl)c1cccc(NS(=O)(=O)c2ccccc2)c1. The van der Waals surface area contributed by atoms with Gasteiger partial charge in [-0.1, -0.05) is 60.1 Å². The van der Waals surface area contributed by atoms with Crippen molar-refractivity contribution in [1.82, 2.24) is 5.43 Å². The van der Waals surface area contributed by atoms with Crippen molar-refractivity contribution in [3.8, 4) is 0 Å². The molecule has 0 aliphatic heterocycles. The lowest BCUT2D eigenvalue weighted by Crippen LogP contribution is -2.18. The molecule has 1 amide bonds. The van der Waals surface area contributed by atoms with E-state index >= 15 is 0 Å². The summed E-state index contributed by atoms with van der Waals surface area (Å²) in [7, 11) is -3.71. The molecule has 6 nitrogen and oxygen atoms in total. The first kappa shape index (κ1) is 22.0. The number of halogens is 1. The smallest absolute Gasteiger partial charge is 0.280 e. The Hall–Kier alpha value is -3.20. The van der Waals surface area contributed by atoms with E-state index in [1.807, 2.05) is 24.3 Å². The van der Waals surface area contributed by atoms with Gasteiger partial charge in [-0.2, -0.15) is 5.10 Å². The summed E-state index contributed by atoms with van der Waals surface area (Å²) >= 11 is 7.65. The number of carbonyl (C=O) groups is 1. The highest BCUT2D eigenvalue weighted by Gasteiger charge is 2.17. The fourth-order valence-corrected chi connectivity index (χ4v) is 5.51. The Kier molecular flexibility index (Phi) is 6.27. The zero-order valence-electron chi connectivity index (χ0n) is 16.9. The number of carbonyl (C=O) groups excluding carboxylic acids is 1. The molecule has 4 rings (SSSR count). The molecule has 0 aliphatic carbocycles. The van der Waals surface area contributed by atoms with Crippen molar-refractivity contribution < 1.29 is 13.2 Å². The second kappa shape index (κ2) is 9.12. The van der Waals surface area contributed by atoms with Crippen molar-refractivity contribution in [1.29, 1.82) is 0 Å². The minimum Gasteiger partial charge on any atom is -0.280 e. The second-order valence-corrected chi connectivity index (χ2v) is 9.99. The van der Waals surface area contributed by atoms with E-state index in [1.54, 1.807) is 49.4 Å². The fraction of sp³-hybridized carbons (Fsp3) is 0.0435. The van der Waals surface area contributed by atoms with Crippen molar-refractivity contribution in [2.24, 2.45) is 5.10 Å². The zero-order valence-corrected chi connectivity index (χ0v) is 19.3. The molecule has 2 N–H and O–H groups in total. The Morgan fingerprint density at radius 2 is 1.69 bits per heavy atom. The predicted molar refractivity (Wildman–Crippen MR) is 130 cm³/mol. The lowest BCUT2D eigenvalue weighted by Gasteiger charge is -2.09. The van der Waals surface area contributed by atoms with E-state index in [4.69, 9.17) is 11.6 Å². The van der Waals surface area contributed by atoms with Crippen LogP contribution in [-0.4, -0.2) is 20.0 Å². The van der Waals surface area contributed by atoms with E-state index in [0.29, 0.717) is 26.9 Å². The van der Waals surface area contributed by atoms with Crippen LogP contribution in [0.3, 0.4) is 0 Å². The summed E-state index contributed by atoms with van der Waals surface area (Å²) in [5.74, 6) is -0.406. The van der Waals surface area contributed by atoms with Gasteiger partial charge < -0.3 is 0 Å². The average Bonchev–Trinajstić information content (AvgIpc) is 3.14. The maximum Gasteiger partial charge on any atom is 0.283 e. The molecule has 0 unspecified atom stereocenters. The summed E-state index contributed by atoms with van der Waals surface area (Å²) in [4.78, 5) is 13.2. The van der Waals surface area contributed by atoms with Crippen molar-refractivity contribution in [2.75, 3.05) is 4.72 Å². The van der Waals surface area contributed by atoms with Crippen LogP contribution >= 0.6 is 22.9 Å². The summed E-state index contributed by atoms with van der Waals surface area (Å²) in [6.07, 6.45) is 0. The summed E-state index contributed by atoms with van der Waals surface area (Å²) in [5.41, 5.74) is 4.08. The van der Waals surface area contributed by atoms with E-state index in [-0.39, 0.29) is 4.90 Å². The van der Waals surface area contributed by atoms with Crippen LogP contribution in [-0.2, 0) is 10.0 Å². The van der Waals surface area contributed by atoms with Gasteiger partial charge >= 0.3 is 0 Å². The van der Waals surface area contributed by atoms with Crippen LogP contribution in [0.2, 0.25) is 5.02 Å². The van der Waals surface area contributed by atoms with Crippen molar-refractivity contribution >= 4 is 60.4 Å². The van der Waals surface area contributed by atoms with Crippen LogP contribution < -0.4 is 10.1 Å². The monoisotopic (exact) mass is 483 g/mol. The molecule has 0 aliphatic rings. The first-order valence-electron chi connectivity index (χ1n) is 9.55. The highest BCUT2D eigenvalue weighted by atomic mass is 35.5. The molecule has 9 heteroatoms. The van der Waals surface area contributed by atoms with Crippen LogP contribution in [0.25, 0.3) is 10.1 Å². The number of nitrogens with zero attached hydrogens (tertiary/aromatic N) is 1. The van der Waals surface area contributed by atoms with Gasteiger partial charge in [-0.15, -0.1) is 11.3 Å². The Morgan fingerprint density at radius 3 is 2.44 bits per heavy atom. The van der Waals surface area contributed by atoms with Crippen molar-refractivity contribution in [2.45, 2.75) is 11.8 Å². The largest absolute Gasteiger partial charge is 0.283 e. The first-order valence-corrected chi connectivity index (χ1v) is 12.2. The van der Waals surface area contributed by atoms with Crippen LogP contribution in [0.5, 0.6) is 0 Å². The molecule has 0 saturated heterocycles. The maximum atomic E-state index is 12.6. The van der Waals surface area contributed by atoms with Gasteiger partial charge in [-0.05, 0) is 42.8 Å². The molecule has 162 valence electrons. The molecule has 0 bridgehead atoms. The quantitative estimate of drug-likeness (QED) is 0.280. The van der Waals surface area contributed by atoms with Gasteiger partial charge in [-0.3, -0.25) is 9.52 Å². The molecule has 0 saturated carbocycles. The summed E-state index contributed by atoms with van der Waals surface area (Å²) in [5, 5.41) is 5.38. The first-order chi connectivity index (χ1) is 15.3. The summed E-state index contributed by atoms with van der Waals surface area (Å²) in [6, 6.07) is 22.4. The number of benzene rings is 3. The normalized spacial score (nSPS) is 12.0.